The lowest BCUT2D eigenvalue weighted by molar-refractivity contribution is -0.122. The van der Waals surface area contributed by atoms with Crippen LogP contribution in [0.15, 0.2) is 60.2 Å². The van der Waals surface area contributed by atoms with E-state index in [9.17, 15) is 23.6 Å². The van der Waals surface area contributed by atoms with Crippen molar-refractivity contribution < 1.29 is 33.0 Å². The number of rotatable bonds is 8. The van der Waals surface area contributed by atoms with Crippen LogP contribution in [0.3, 0.4) is 0 Å². The van der Waals surface area contributed by atoms with Gasteiger partial charge in [0.05, 0.1) is 17.3 Å². The summed E-state index contributed by atoms with van der Waals surface area (Å²) in [5.41, 5.74) is 2.77. The van der Waals surface area contributed by atoms with E-state index in [1.54, 1.807) is 13.0 Å². The Bertz CT molecular complexity index is 1540. The van der Waals surface area contributed by atoms with Crippen LogP contribution < -0.4 is 25.0 Å². The molecule has 0 unspecified atom stereocenters. The number of carbonyl (C=O) groups is 4. The van der Waals surface area contributed by atoms with Gasteiger partial charge >= 0.3 is 6.03 Å². The SMILES string of the molecule is CCOc1cc(/C=C2\C(=O)NC(=O)N(c3ccc(F)cc3)C2=O)cc(Cl)c1OCC(=O)Nc1ccc(C)c(C)c1. The maximum Gasteiger partial charge on any atom is 0.335 e. The summed E-state index contributed by atoms with van der Waals surface area (Å²) in [7, 11) is 0. The number of hydrogen-bond donors (Lipinski definition) is 2. The van der Waals surface area contributed by atoms with E-state index in [0.29, 0.717) is 11.3 Å². The summed E-state index contributed by atoms with van der Waals surface area (Å²) in [6.45, 7) is 5.52. The number of imide groups is 2. The molecule has 4 rings (SSSR count). The molecule has 0 radical (unpaired) electrons. The number of anilines is 2. The number of halogens is 2. The lowest BCUT2D eigenvalue weighted by Crippen LogP contribution is -2.54. The molecule has 1 saturated heterocycles. The number of carbonyl (C=O) groups excluding carboxylic acids is 4. The summed E-state index contributed by atoms with van der Waals surface area (Å²) < 4.78 is 24.7. The molecule has 0 bridgehead atoms. The van der Waals surface area contributed by atoms with Crippen LogP contribution in [-0.4, -0.2) is 37.0 Å². The standard InChI is InChI=1S/C29H25ClFN3O6/c1-4-39-24-14-18(12-22-27(36)33-29(38)34(28(22)37)21-9-6-19(31)7-10-21)13-23(30)26(24)40-15-25(35)32-20-8-5-16(2)17(3)11-20/h5-14H,4,15H2,1-3H3,(H,32,35)(H,33,36,38)/b22-12+. The largest absolute Gasteiger partial charge is 0.490 e. The molecule has 0 aliphatic carbocycles. The van der Waals surface area contributed by atoms with Crippen LogP contribution in [0, 0.1) is 19.7 Å². The molecule has 1 aliphatic rings. The fraction of sp³-hybridized carbons (Fsp3) is 0.172. The fourth-order valence-electron chi connectivity index (χ4n) is 3.88. The number of nitrogens with zero attached hydrogens (tertiary/aromatic N) is 1. The van der Waals surface area contributed by atoms with Crippen molar-refractivity contribution in [3.8, 4) is 11.5 Å². The van der Waals surface area contributed by atoms with Gasteiger partial charge in [0, 0.05) is 5.69 Å². The number of amides is 5. The van der Waals surface area contributed by atoms with Gasteiger partial charge in [-0.25, -0.2) is 14.1 Å². The predicted octanol–water partition coefficient (Wildman–Crippen LogP) is 5.18. The Balaban J connectivity index is 1.57. The Morgan fingerprint density at radius 2 is 1.75 bits per heavy atom. The molecule has 206 valence electrons. The first-order chi connectivity index (χ1) is 19.1. The van der Waals surface area contributed by atoms with E-state index >= 15 is 0 Å². The maximum absolute atomic E-state index is 13.3. The average molecular weight is 566 g/mol. The summed E-state index contributed by atoms with van der Waals surface area (Å²) in [6, 6.07) is 12.1. The van der Waals surface area contributed by atoms with Gasteiger partial charge in [0.25, 0.3) is 17.7 Å². The third kappa shape index (κ3) is 6.29. The van der Waals surface area contributed by atoms with Crippen molar-refractivity contribution in [3.05, 3.63) is 87.7 Å². The highest BCUT2D eigenvalue weighted by molar-refractivity contribution is 6.39. The van der Waals surface area contributed by atoms with Crippen LogP contribution in [0.2, 0.25) is 5.02 Å². The number of benzene rings is 3. The number of aryl methyl sites for hydroxylation is 2. The van der Waals surface area contributed by atoms with Gasteiger partial charge in [0.15, 0.2) is 18.1 Å². The average Bonchev–Trinajstić information content (AvgIpc) is 2.89. The monoisotopic (exact) mass is 565 g/mol. The van der Waals surface area contributed by atoms with Gasteiger partial charge in [0.1, 0.15) is 11.4 Å². The van der Waals surface area contributed by atoms with E-state index in [-0.39, 0.29) is 41.0 Å². The molecule has 1 fully saturated rings. The van der Waals surface area contributed by atoms with Gasteiger partial charge in [-0.2, -0.15) is 0 Å². The second-order valence-electron chi connectivity index (χ2n) is 8.83. The molecule has 0 atom stereocenters. The Kier molecular flexibility index (Phi) is 8.49. The Hall–Kier alpha value is -4.70. The van der Waals surface area contributed by atoms with Crippen molar-refractivity contribution in [3.63, 3.8) is 0 Å². The molecule has 3 aromatic rings. The molecule has 1 heterocycles. The molecule has 0 saturated carbocycles. The Morgan fingerprint density at radius 3 is 2.42 bits per heavy atom. The van der Waals surface area contributed by atoms with E-state index in [1.807, 2.05) is 26.0 Å². The van der Waals surface area contributed by atoms with Crippen LogP contribution in [-0.2, 0) is 14.4 Å². The van der Waals surface area contributed by atoms with Gasteiger partial charge in [-0.3, -0.25) is 19.7 Å². The molecule has 11 heteroatoms. The van der Waals surface area contributed by atoms with E-state index in [2.05, 4.69) is 10.6 Å². The second-order valence-corrected chi connectivity index (χ2v) is 9.24. The van der Waals surface area contributed by atoms with Crippen LogP contribution in [0.5, 0.6) is 11.5 Å². The third-order valence-electron chi connectivity index (χ3n) is 5.97. The highest BCUT2D eigenvalue weighted by Crippen LogP contribution is 2.37. The van der Waals surface area contributed by atoms with E-state index in [4.69, 9.17) is 21.1 Å². The summed E-state index contributed by atoms with van der Waals surface area (Å²) in [5, 5.41) is 4.92. The number of urea groups is 1. The first-order valence-corrected chi connectivity index (χ1v) is 12.6. The number of nitrogens with one attached hydrogen (secondary N) is 2. The molecule has 9 nitrogen and oxygen atoms in total. The smallest absolute Gasteiger partial charge is 0.335 e. The molecule has 40 heavy (non-hydrogen) atoms. The van der Waals surface area contributed by atoms with Crippen molar-refractivity contribution in [2.24, 2.45) is 0 Å². The zero-order valence-electron chi connectivity index (χ0n) is 21.8. The first kappa shape index (κ1) is 28.3. The van der Waals surface area contributed by atoms with Gasteiger partial charge in [0.2, 0.25) is 0 Å². The van der Waals surface area contributed by atoms with Gasteiger partial charge in [-0.15, -0.1) is 0 Å². The Labute approximate surface area is 234 Å². The predicted molar refractivity (Wildman–Crippen MR) is 148 cm³/mol. The molecule has 5 amide bonds. The number of hydrogen-bond acceptors (Lipinski definition) is 6. The van der Waals surface area contributed by atoms with E-state index in [0.717, 1.165) is 28.2 Å². The van der Waals surface area contributed by atoms with Crippen LogP contribution >= 0.6 is 11.6 Å². The fourth-order valence-corrected chi connectivity index (χ4v) is 4.15. The summed E-state index contributed by atoms with van der Waals surface area (Å²) >= 11 is 6.45. The second kappa shape index (κ2) is 12.0. The van der Waals surface area contributed by atoms with Crippen molar-refractivity contribution >= 4 is 52.8 Å². The summed E-state index contributed by atoms with van der Waals surface area (Å²) in [5.74, 6) is -2.51. The Morgan fingerprint density at radius 1 is 1.02 bits per heavy atom. The van der Waals surface area contributed by atoms with E-state index < -0.39 is 29.6 Å². The highest BCUT2D eigenvalue weighted by Gasteiger charge is 2.37. The van der Waals surface area contributed by atoms with Gasteiger partial charge < -0.3 is 14.8 Å². The minimum absolute atomic E-state index is 0.0620. The summed E-state index contributed by atoms with van der Waals surface area (Å²) in [4.78, 5) is 51.2. The van der Waals surface area contributed by atoms with Gasteiger partial charge in [-0.05, 0) is 92.1 Å². The lowest BCUT2D eigenvalue weighted by Gasteiger charge is -2.26. The van der Waals surface area contributed by atoms with Gasteiger partial charge in [-0.1, -0.05) is 17.7 Å². The lowest BCUT2D eigenvalue weighted by atomic mass is 10.1. The van der Waals surface area contributed by atoms with Crippen LogP contribution in [0.25, 0.3) is 6.08 Å². The van der Waals surface area contributed by atoms with Crippen molar-refractivity contribution in [2.45, 2.75) is 20.8 Å². The van der Waals surface area contributed by atoms with E-state index in [1.165, 1.54) is 30.3 Å². The first-order valence-electron chi connectivity index (χ1n) is 12.2. The molecule has 2 N–H and O–H groups in total. The van der Waals surface area contributed by atoms with Crippen molar-refractivity contribution in [2.75, 3.05) is 23.4 Å². The normalized spacial score (nSPS) is 14.3. The zero-order valence-corrected chi connectivity index (χ0v) is 22.6. The minimum Gasteiger partial charge on any atom is -0.490 e. The van der Waals surface area contributed by atoms with Crippen molar-refractivity contribution in [1.29, 1.82) is 0 Å². The highest BCUT2D eigenvalue weighted by atomic mass is 35.5. The minimum atomic E-state index is -0.963. The van der Waals surface area contributed by atoms with Crippen LogP contribution in [0.1, 0.15) is 23.6 Å². The summed E-state index contributed by atoms with van der Waals surface area (Å²) in [6.07, 6.45) is 1.24. The zero-order chi connectivity index (χ0) is 29.0. The maximum atomic E-state index is 13.3. The topological polar surface area (TPSA) is 114 Å². The molecule has 0 aromatic heterocycles. The molecule has 0 spiro atoms. The molecular weight excluding hydrogens is 541 g/mol. The molecular formula is C29H25ClFN3O6. The molecule has 1 aliphatic heterocycles. The van der Waals surface area contributed by atoms with Crippen LogP contribution in [0.4, 0.5) is 20.6 Å². The quantitative estimate of drug-likeness (QED) is 0.287. The number of ether oxygens (including phenoxy) is 2. The number of barbiturate groups is 1. The molecule has 3 aromatic carbocycles. The third-order valence-corrected chi connectivity index (χ3v) is 6.25. The van der Waals surface area contributed by atoms with Crippen molar-refractivity contribution in [1.82, 2.24) is 5.32 Å².